The van der Waals surface area contributed by atoms with E-state index in [2.05, 4.69) is 50.6 Å². The van der Waals surface area contributed by atoms with Gasteiger partial charge in [-0.1, -0.05) is 12.1 Å². The minimum atomic E-state index is 0.432. The number of aryl methyl sites for hydroxylation is 1. The third-order valence-electron chi connectivity index (χ3n) is 5.29. The molecule has 140 valence electrons. The molecular weight excluding hydrogens is 336 g/mol. The lowest BCUT2D eigenvalue weighted by molar-refractivity contribution is 0.170. The first-order chi connectivity index (χ1) is 13.2. The van der Waals surface area contributed by atoms with Crippen molar-refractivity contribution in [3.8, 4) is 17.1 Å². The second-order valence-corrected chi connectivity index (χ2v) is 7.22. The van der Waals surface area contributed by atoms with E-state index in [-0.39, 0.29) is 0 Å². The average Bonchev–Trinajstić information content (AvgIpc) is 3.10. The Kier molecular flexibility index (Phi) is 5.21. The van der Waals surface area contributed by atoms with E-state index in [0.717, 1.165) is 36.8 Å². The largest absolute Gasteiger partial charge is 0.497 e. The molecular formula is C22H26N4O. The molecule has 4 rings (SSSR count). The third-order valence-corrected chi connectivity index (χ3v) is 5.29. The number of hydrogen-bond donors (Lipinski definition) is 0. The van der Waals surface area contributed by atoms with E-state index in [1.165, 1.54) is 24.1 Å². The van der Waals surface area contributed by atoms with Gasteiger partial charge in [0.05, 0.1) is 7.11 Å². The van der Waals surface area contributed by atoms with Gasteiger partial charge in [-0.05, 0) is 56.1 Å². The number of pyridine rings is 1. The van der Waals surface area contributed by atoms with Gasteiger partial charge in [0.1, 0.15) is 11.6 Å². The lowest BCUT2D eigenvalue weighted by Crippen LogP contribution is -2.36. The van der Waals surface area contributed by atoms with Crippen molar-refractivity contribution in [2.75, 3.05) is 20.2 Å². The fraction of sp³-hybridized carbons (Fsp3) is 0.364. The van der Waals surface area contributed by atoms with Gasteiger partial charge < -0.3 is 9.30 Å². The summed E-state index contributed by atoms with van der Waals surface area (Å²) in [5.41, 5.74) is 3.59. The van der Waals surface area contributed by atoms with E-state index in [1.807, 2.05) is 24.5 Å². The minimum absolute atomic E-state index is 0.432. The van der Waals surface area contributed by atoms with Crippen molar-refractivity contribution in [2.24, 2.45) is 0 Å². The molecule has 0 aliphatic carbocycles. The van der Waals surface area contributed by atoms with Gasteiger partial charge in [-0.15, -0.1) is 0 Å². The van der Waals surface area contributed by atoms with Crippen molar-refractivity contribution in [1.82, 2.24) is 19.4 Å². The minimum Gasteiger partial charge on any atom is -0.497 e. The van der Waals surface area contributed by atoms with E-state index < -0.39 is 0 Å². The van der Waals surface area contributed by atoms with Gasteiger partial charge in [0.2, 0.25) is 0 Å². The van der Waals surface area contributed by atoms with Crippen LogP contribution in [0, 0.1) is 6.92 Å². The van der Waals surface area contributed by atoms with E-state index in [1.54, 1.807) is 13.3 Å². The van der Waals surface area contributed by atoms with Gasteiger partial charge in [0.15, 0.2) is 0 Å². The maximum atomic E-state index is 5.37. The standard InChI is InChI=1S/C22H26N4O/c1-17-13-24-22(19-7-4-10-23-14-19)26(17)20-8-5-11-25(16-20)15-18-6-3-9-21(12-18)27-2/h3-4,6-7,9-10,12-14,20H,5,8,11,15-16H2,1-2H3. The SMILES string of the molecule is COc1cccc(CN2CCCC(n3c(C)cnc3-c3cccnc3)C2)c1. The molecule has 27 heavy (non-hydrogen) atoms. The maximum absolute atomic E-state index is 5.37. The van der Waals surface area contributed by atoms with Crippen LogP contribution in [0.1, 0.15) is 30.1 Å². The van der Waals surface area contributed by atoms with Crippen molar-refractivity contribution < 1.29 is 4.74 Å². The number of imidazole rings is 1. The van der Waals surface area contributed by atoms with E-state index >= 15 is 0 Å². The predicted molar refractivity (Wildman–Crippen MR) is 107 cm³/mol. The average molecular weight is 362 g/mol. The van der Waals surface area contributed by atoms with Gasteiger partial charge in [0, 0.05) is 49.0 Å². The summed E-state index contributed by atoms with van der Waals surface area (Å²) in [6.07, 6.45) is 8.05. The highest BCUT2D eigenvalue weighted by atomic mass is 16.5. The summed E-state index contributed by atoms with van der Waals surface area (Å²) in [7, 11) is 1.72. The molecule has 0 spiro atoms. The molecule has 1 atom stereocenters. The zero-order valence-corrected chi connectivity index (χ0v) is 16.0. The monoisotopic (exact) mass is 362 g/mol. The molecule has 1 aliphatic heterocycles. The first kappa shape index (κ1) is 17.7. The highest BCUT2D eigenvalue weighted by Crippen LogP contribution is 2.30. The quantitative estimate of drug-likeness (QED) is 0.685. The Hall–Kier alpha value is -2.66. The predicted octanol–water partition coefficient (Wildman–Crippen LogP) is 4.10. The lowest BCUT2D eigenvalue weighted by atomic mass is 10.0. The van der Waals surface area contributed by atoms with Crippen molar-refractivity contribution in [1.29, 1.82) is 0 Å². The summed E-state index contributed by atoms with van der Waals surface area (Å²) in [6, 6.07) is 12.9. The highest BCUT2D eigenvalue weighted by molar-refractivity contribution is 5.54. The van der Waals surface area contributed by atoms with Gasteiger partial charge in [-0.25, -0.2) is 4.98 Å². The second-order valence-electron chi connectivity index (χ2n) is 7.22. The zero-order valence-electron chi connectivity index (χ0n) is 16.0. The number of aromatic nitrogens is 3. The molecule has 0 saturated carbocycles. The number of rotatable bonds is 5. The Bertz CT molecular complexity index is 890. The molecule has 3 heterocycles. The molecule has 1 aliphatic rings. The fourth-order valence-corrected chi connectivity index (χ4v) is 4.03. The van der Waals surface area contributed by atoms with Crippen LogP contribution in [-0.4, -0.2) is 39.6 Å². The lowest BCUT2D eigenvalue weighted by Gasteiger charge is -2.34. The fourth-order valence-electron chi connectivity index (χ4n) is 4.03. The molecule has 3 aromatic rings. The van der Waals surface area contributed by atoms with Gasteiger partial charge in [-0.3, -0.25) is 9.88 Å². The summed E-state index contributed by atoms with van der Waals surface area (Å²) < 4.78 is 7.77. The highest BCUT2D eigenvalue weighted by Gasteiger charge is 2.25. The Morgan fingerprint density at radius 1 is 1.19 bits per heavy atom. The van der Waals surface area contributed by atoms with E-state index in [4.69, 9.17) is 4.74 Å². The summed E-state index contributed by atoms with van der Waals surface area (Å²) in [5.74, 6) is 1.94. The third kappa shape index (κ3) is 3.88. The first-order valence-electron chi connectivity index (χ1n) is 9.54. The van der Waals surface area contributed by atoms with Crippen LogP contribution in [0.15, 0.2) is 55.0 Å². The number of benzene rings is 1. The van der Waals surface area contributed by atoms with Crippen LogP contribution in [0.25, 0.3) is 11.4 Å². The molecule has 0 bridgehead atoms. The van der Waals surface area contributed by atoms with Crippen LogP contribution >= 0.6 is 0 Å². The van der Waals surface area contributed by atoms with Gasteiger partial charge >= 0.3 is 0 Å². The maximum Gasteiger partial charge on any atom is 0.141 e. The molecule has 0 amide bonds. The second kappa shape index (κ2) is 7.92. The first-order valence-corrected chi connectivity index (χ1v) is 9.54. The number of likely N-dealkylation sites (tertiary alicyclic amines) is 1. The van der Waals surface area contributed by atoms with Crippen LogP contribution in [0.5, 0.6) is 5.75 Å². The molecule has 5 nitrogen and oxygen atoms in total. The molecule has 1 fully saturated rings. The summed E-state index contributed by atoms with van der Waals surface area (Å²) >= 11 is 0. The molecule has 1 aromatic carbocycles. The number of methoxy groups -OCH3 is 1. The van der Waals surface area contributed by atoms with Crippen molar-refractivity contribution in [3.05, 3.63) is 66.2 Å². The van der Waals surface area contributed by atoms with Crippen LogP contribution in [0.2, 0.25) is 0 Å². The summed E-state index contributed by atoms with van der Waals surface area (Å²) in [6.45, 7) is 5.25. The number of nitrogens with zero attached hydrogens (tertiary/aromatic N) is 4. The molecule has 0 radical (unpaired) electrons. The van der Waals surface area contributed by atoms with Crippen molar-refractivity contribution >= 4 is 0 Å². The van der Waals surface area contributed by atoms with Crippen molar-refractivity contribution in [3.63, 3.8) is 0 Å². The summed E-state index contributed by atoms with van der Waals surface area (Å²) in [5, 5.41) is 0. The normalized spacial score (nSPS) is 17.8. The number of ether oxygens (including phenoxy) is 1. The van der Waals surface area contributed by atoms with Crippen LogP contribution in [0.4, 0.5) is 0 Å². The van der Waals surface area contributed by atoms with Gasteiger partial charge in [-0.2, -0.15) is 0 Å². The Morgan fingerprint density at radius 3 is 2.93 bits per heavy atom. The molecule has 1 saturated heterocycles. The Labute approximate surface area is 160 Å². The van der Waals surface area contributed by atoms with E-state index in [0.29, 0.717) is 6.04 Å². The Morgan fingerprint density at radius 2 is 2.11 bits per heavy atom. The molecule has 5 heteroatoms. The van der Waals surface area contributed by atoms with Crippen molar-refractivity contribution in [2.45, 2.75) is 32.4 Å². The molecule has 1 unspecified atom stereocenters. The summed E-state index contributed by atoms with van der Waals surface area (Å²) in [4.78, 5) is 11.5. The number of hydrogen-bond acceptors (Lipinski definition) is 4. The number of piperidine rings is 1. The smallest absolute Gasteiger partial charge is 0.141 e. The van der Waals surface area contributed by atoms with E-state index in [9.17, 15) is 0 Å². The van der Waals surface area contributed by atoms with Gasteiger partial charge in [0.25, 0.3) is 0 Å². The van der Waals surface area contributed by atoms with Crippen LogP contribution in [0.3, 0.4) is 0 Å². The topological polar surface area (TPSA) is 43.2 Å². The molecule has 0 N–H and O–H groups in total. The molecule has 2 aromatic heterocycles. The van der Waals surface area contributed by atoms with Crippen LogP contribution in [-0.2, 0) is 6.54 Å². The zero-order chi connectivity index (χ0) is 18.6. The Balaban J connectivity index is 1.54. The van der Waals surface area contributed by atoms with Crippen LogP contribution < -0.4 is 4.74 Å².